The number of thioether (sulfide) groups is 1. The van der Waals surface area contributed by atoms with Crippen LogP contribution in [0.2, 0.25) is 0 Å². The number of aromatic nitrogens is 3. The Morgan fingerprint density at radius 2 is 2.18 bits per heavy atom. The van der Waals surface area contributed by atoms with Gasteiger partial charge >= 0.3 is 0 Å². The van der Waals surface area contributed by atoms with E-state index in [1.165, 1.54) is 16.6 Å². The number of fused-ring (bicyclic) bond motifs is 1. The van der Waals surface area contributed by atoms with Crippen LogP contribution in [0, 0.1) is 22.7 Å². The van der Waals surface area contributed by atoms with E-state index in [0.29, 0.717) is 34.1 Å². The molecule has 34 heavy (non-hydrogen) atoms. The number of H-pyrrole nitrogens is 1. The fraction of sp³-hybridized carbons (Fsp3) is 0.440. The number of carbonyl (C=O) groups excluding carboxylic acids is 1. The molecular formula is C25H29N5O2S2. The molecule has 1 aliphatic rings. The zero-order valence-corrected chi connectivity index (χ0v) is 21.5. The molecule has 2 N–H and O–H groups in total. The fourth-order valence-electron chi connectivity index (χ4n) is 4.20. The van der Waals surface area contributed by atoms with Gasteiger partial charge in [-0.25, -0.2) is 4.98 Å². The Hall–Kier alpha value is -2.83. The van der Waals surface area contributed by atoms with Gasteiger partial charge in [-0.3, -0.25) is 9.89 Å². The molecule has 0 saturated heterocycles. The van der Waals surface area contributed by atoms with E-state index in [0.717, 1.165) is 36.1 Å². The first kappa shape index (κ1) is 24.3. The van der Waals surface area contributed by atoms with Gasteiger partial charge in [-0.1, -0.05) is 44.7 Å². The first-order valence-corrected chi connectivity index (χ1v) is 13.2. The second-order valence-electron chi connectivity index (χ2n) is 9.36. The Morgan fingerprint density at radius 1 is 1.38 bits per heavy atom. The van der Waals surface area contributed by atoms with Crippen molar-refractivity contribution in [2.45, 2.75) is 52.1 Å². The fourth-order valence-corrected chi connectivity index (χ4v) is 6.09. The molecule has 0 fully saturated rings. The van der Waals surface area contributed by atoms with Gasteiger partial charge in [0.05, 0.1) is 23.5 Å². The smallest absolute Gasteiger partial charge is 0.235 e. The predicted molar refractivity (Wildman–Crippen MR) is 136 cm³/mol. The summed E-state index contributed by atoms with van der Waals surface area (Å²) < 4.78 is 5.66. The number of ether oxygens (including phenoxy) is 1. The molecule has 0 bridgehead atoms. The van der Waals surface area contributed by atoms with Gasteiger partial charge in [0.1, 0.15) is 16.8 Å². The average Bonchev–Trinajstić information content (AvgIpc) is 3.41. The van der Waals surface area contributed by atoms with Gasteiger partial charge in [-0.2, -0.15) is 5.26 Å². The first-order valence-electron chi connectivity index (χ1n) is 11.4. The number of anilines is 1. The van der Waals surface area contributed by atoms with Crippen molar-refractivity contribution < 1.29 is 9.53 Å². The van der Waals surface area contributed by atoms with Crippen LogP contribution in [-0.2, 0) is 17.6 Å². The lowest BCUT2D eigenvalue weighted by atomic mass is 9.72. The number of thiophene rings is 1. The Morgan fingerprint density at radius 3 is 2.91 bits per heavy atom. The van der Waals surface area contributed by atoms with Crippen LogP contribution in [0.3, 0.4) is 0 Å². The lowest BCUT2D eigenvalue weighted by molar-refractivity contribution is -0.113. The molecule has 0 aliphatic heterocycles. The van der Waals surface area contributed by atoms with E-state index in [9.17, 15) is 10.1 Å². The monoisotopic (exact) mass is 495 g/mol. The van der Waals surface area contributed by atoms with Gasteiger partial charge in [0.2, 0.25) is 11.1 Å². The molecule has 0 unspecified atom stereocenters. The molecule has 0 radical (unpaired) electrons. The lowest BCUT2D eigenvalue weighted by Gasteiger charge is -2.33. The SMILES string of the molecule is CCOc1ccccc1-c1nc(SCC(=O)Nc2sc3c(c2C#N)CC[C@@H](C(C)(C)C)C3)n[nH]1. The molecule has 1 aromatic carbocycles. The molecule has 1 atom stereocenters. The third-order valence-corrected chi connectivity index (χ3v) is 8.11. The van der Waals surface area contributed by atoms with Crippen LogP contribution in [-0.4, -0.2) is 33.4 Å². The maximum absolute atomic E-state index is 12.7. The summed E-state index contributed by atoms with van der Waals surface area (Å²) in [5.41, 5.74) is 2.79. The van der Waals surface area contributed by atoms with Crippen LogP contribution in [0.4, 0.5) is 5.00 Å². The third-order valence-electron chi connectivity index (χ3n) is 6.09. The van der Waals surface area contributed by atoms with E-state index < -0.39 is 0 Å². The third kappa shape index (κ3) is 5.29. The molecule has 178 valence electrons. The van der Waals surface area contributed by atoms with Crippen LogP contribution in [0.5, 0.6) is 5.75 Å². The number of carbonyl (C=O) groups is 1. The molecule has 7 nitrogen and oxygen atoms in total. The minimum absolute atomic E-state index is 0.155. The maximum Gasteiger partial charge on any atom is 0.235 e. The number of hydrogen-bond donors (Lipinski definition) is 2. The number of amides is 1. The highest BCUT2D eigenvalue weighted by Crippen LogP contribution is 2.44. The Balaban J connectivity index is 1.40. The van der Waals surface area contributed by atoms with E-state index in [-0.39, 0.29) is 17.1 Å². The summed E-state index contributed by atoms with van der Waals surface area (Å²) in [5, 5.41) is 21.0. The van der Waals surface area contributed by atoms with Gasteiger partial charge in [-0.05, 0) is 55.2 Å². The van der Waals surface area contributed by atoms with Crippen molar-refractivity contribution in [2.24, 2.45) is 11.3 Å². The Labute approximate surface area is 208 Å². The molecule has 0 spiro atoms. The zero-order valence-electron chi connectivity index (χ0n) is 19.9. The van der Waals surface area contributed by atoms with Crippen molar-refractivity contribution in [1.82, 2.24) is 15.2 Å². The van der Waals surface area contributed by atoms with Crippen molar-refractivity contribution in [2.75, 3.05) is 17.7 Å². The van der Waals surface area contributed by atoms with E-state index in [1.807, 2.05) is 31.2 Å². The quantitative estimate of drug-likeness (QED) is 0.408. The van der Waals surface area contributed by atoms with E-state index in [4.69, 9.17) is 4.74 Å². The van der Waals surface area contributed by atoms with E-state index >= 15 is 0 Å². The molecule has 9 heteroatoms. The second kappa shape index (κ2) is 10.2. The van der Waals surface area contributed by atoms with Crippen LogP contribution >= 0.6 is 23.1 Å². The lowest BCUT2D eigenvalue weighted by Crippen LogP contribution is -2.26. The summed E-state index contributed by atoms with van der Waals surface area (Å²) in [7, 11) is 0. The van der Waals surface area contributed by atoms with Crippen LogP contribution in [0.1, 0.15) is 50.1 Å². The predicted octanol–water partition coefficient (Wildman–Crippen LogP) is 5.69. The summed E-state index contributed by atoms with van der Waals surface area (Å²) in [6.07, 6.45) is 2.93. The molecule has 2 heterocycles. The molecule has 0 saturated carbocycles. The van der Waals surface area contributed by atoms with Crippen LogP contribution < -0.4 is 10.1 Å². The number of rotatable bonds is 7. The molecular weight excluding hydrogens is 466 g/mol. The Kier molecular flexibility index (Phi) is 7.29. The van der Waals surface area contributed by atoms with Crippen molar-refractivity contribution >= 4 is 34.0 Å². The van der Waals surface area contributed by atoms with E-state index in [1.54, 1.807) is 11.3 Å². The van der Waals surface area contributed by atoms with Crippen molar-refractivity contribution in [1.29, 1.82) is 5.26 Å². The number of aromatic amines is 1. The molecule has 1 amide bonds. The standard InChI is InChI=1S/C25H29N5O2S2/c1-5-32-19-9-7-6-8-17(19)22-28-24(30-29-22)33-14-21(31)27-23-18(13-26)16-11-10-15(25(2,3)4)12-20(16)34-23/h6-9,15H,5,10-12,14H2,1-4H3,(H,27,31)(H,28,29,30)/t15-/m1/s1. The van der Waals surface area contributed by atoms with Crippen LogP contribution in [0.25, 0.3) is 11.4 Å². The average molecular weight is 496 g/mol. The van der Waals surface area contributed by atoms with Gasteiger partial charge in [-0.15, -0.1) is 16.4 Å². The normalized spacial score (nSPS) is 15.4. The summed E-state index contributed by atoms with van der Waals surface area (Å²) in [4.78, 5) is 18.4. The van der Waals surface area contributed by atoms with Gasteiger partial charge in [0, 0.05) is 4.88 Å². The van der Waals surface area contributed by atoms with Gasteiger partial charge in [0.15, 0.2) is 5.82 Å². The summed E-state index contributed by atoms with van der Waals surface area (Å²) in [5.74, 6) is 1.89. The van der Waals surface area contributed by atoms with Crippen molar-refractivity contribution in [3.8, 4) is 23.2 Å². The summed E-state index contributed by atoms with van der Waals surface area (Å²) in [6.45, 7) is 9.30. The van der Waals surface area contributed by atoms with Crippen molar-refractivity contribution in [3.05, 3.63) is 40.3 Å². The molecule has 2 aromatic heterocycles. The number of para-hydroxylation sites is 1. The summed E-state index contributed by atoms with van der Waals surface area (Å²) >= 11 is 2.80. The summed E-state index contributed by atoms with van der Waals surface area (Å²) in [6, 6.07) is 9.95. The zero-order chi connectivity index (χ0) is 24.3. The molecule has 3 aromatic rings. The molecule has 4 rings (SSSR count). The van der Waals surface area contributed by atoms with Crippen molar-refractivity contribution in [3.63, 3.8) is 0 Å². The van der Waals surface area contributed by atoms with Gasteiger partial charge < -0.3 is 10.1 Å². The van der Waals surface area contributed by atoms with Gasteiger partial charge in [0.25, 0.3) is 0 Å². The highest BCUT2D eigenvalue weighted by atomic mass is 32.2. The minimum atomic E-state index is -0.173. The highest BCUT2D eigenvalue weighted by molar-refractivity contribution is 7.99. The maximum atomic E-state index is 12.7. The minimum Gasteiger partial charge on any atom is -0.493 e. The first-order chi connectivity index (χ1) is 16.3. The number of hydrogen-bond acceptors (Lipinski definition) is 7. The molecule has 1 aliphatic carbocycles. The Bertz CT molecular complexity index is 1220. The second-order valence-corrected chi connectivity index (χ2v) is 11.4. The topological polar surface area (TPSA) is 104 Å². The largest absolute Gasteiger partial charge is 0.493 e. The van der Waals surface area contributed by atoms with Crippen LogP contribution in [0.15, 0.2) is 29.4 Å². The number of nitriles is 1. The number of nitrogens with zero attached hydrogens (tertiary/aromatic N) is 3. The van der Waals surface area contributed by atoms with E-state index in [2.05, 4.69) is 47.3 Å². The number of nitrogens with one attached hydrogen (secondary N) is 2. The number of benzene rings is 1. The highest BCUT2D eigenvalue weighted by Gasteiger charge is 2.32.